The van der Waals surface area contributed by atoms with E-state index in [2.05, 4.69) is 10.6 Å². The van der Waals surface area contributed by atoms with E-state index >= 15 is 0 Å². The monoisotopic (exact) mass is 436 g/mol. The number of benzene rings is 3. The smallest absolute Gasteiger partial charge is 0.293 e. The van der Waals surface area contributed by atoms with E-state index in [-0.39, 0.29) is 22.1 Å². The first kappa shape index (κ1) is 20.5. The van der Waals surface area contributed by atoms with Gasteiger partial charge >= 0.3 is 0 Å². The number of amides is 1. The molecular weight excluding hydrogens is 416 g/mol. The molecule has 158 valence electrons. The van der Waals surface area contributed by atoms with Gasteiger partial charge in [-0.2, -0.15) is 0 Å². The third kappa shape index (κ3) is 4.26. The number of hydrogen-bond donors (Lipinski definition) is 3. The van der Waals surface area contributed by atoms with Gasteiger partial charge in [0.05, 0.1) is 10.6 Å². The zero-order valence-electron chi connectivity index (χ0n) is 16.5. The highest BCUT2D eigenvalue weighted by molar-refractivity contribution is 7.80. The SMILES string of the molecule is O=C(NC(=S)Nc1c(O)ccc2ccccc12)c1ccc(N2CCCC2)c([N+](=O)[O-])c1. The number of nitrogens with zero attached hydrogens (tertiary/aromatic N) is 2. The molecule has 0 radical (unpaired) electrons. The van der Waals surface area contributed by atoms with Crippen molar-refractivity contribution in [3.8, 4) is 5.75 Å². The van der Waals surface area contributed by atoms with Crippen LogP contribution in [0.25, 0.3) is 10.8 Å². The van der Waals surface area contributed by atoms with Crippen molar-refractivity contribution >= 4 is 51.1 Å². The summed E-state index contributed by atoms with van der Waals surface area (Å²) in [5.74, 6) is -0.589. The summed E-state index contributed by atoms with van der Waals surface area (Å²) in [6.07, 6.45) is 1.97. The van der Waals surface area contributed by atoms with Crippen LogP contribution >= 0.6 is 12.2 Å². The summed E-state index contributed by atoms with van der Waals surface area (Å²) in [5, 5.41) is 28.8. The molecule has 0 aliphatic carbocycles. The Bertz CT molecular complexity index is 1190. The van der Waals surface area contributed by atoms with Gasteiger partial charge in [-0.15, -0.1) is 0 Å². The lowest BCUT2D eigenvalue weighted by Crippen LogP contribution is -2.34. The Balaban J connectivity index is 1.53. The lowest BCUT2D eigenvalue weighted by molar-refractivity contribution is -0.384. The Kier molecular flexibility index (Phi) is 5.68. The Hall–Kier alpha value is -3.72. The summed E-state index contributed by atoms with van der Waals surface area (Å²) in [6.45, 7) is 1.52. The molecule has 9 heteroatoms. The molecule has 1 aliphatic rings. The minimum atomic E-state index is -0.576. The summed E-state index contributed by atoms with van der Waals surface area (Å²) >= 11 is 5.24. The van der Waals surface area contributed by atoms with Gasteiger partial charge in [0.15, 0.2) is 5.11 Å². The highest BCUT2D eigenvalue weighted by Gasteiger charge is 2.24. The van der Waals surface area contributed by atoms with Crippen LogP contribution in [0.4, 0.5) is 17.1 Å². The van der Waals surface area contributed by atoms with E-state index in [0.717, 1.165) is 36.7 Å². The molecule has 1 saturated heterocycles. The van der Waals surface area contributed by atoms with Crippen LogP contribution in [-0.4, -0.2) is 34.1 Å². The number of fused-ring (bicyclic) bond motifs is 1. The molecule has 1 heterocycles. The number of nitro benzene ring substituents is 1. The second-order valence-electron chi connectivity index (χ2n) is 7.24. The molecule has 0 unspecified atom stereocenters. The molecule has 0 atom stereocenters. The maximum Gasteiger partial charge on any atom is 0.293 e. The first-order valence-corrected chi connectivity index (χ1v) is 10.2. The lowest BCUT2D eigenvalue weighted by atomic mass is 10.1. The van der Waals surface area contributed by atoms with Gasteiger partial charge < -0.3 is 15.3 Å². The van der Waals surface area contributed by atoms with Crippen LogP contribution in [-0.2, 0) is 0 Å². The lowest BCUT2D eigenvalue weighted by Gasteiger charge is -2.18. The number of phenols is 1. The maximum absolute atomic E-state index is 12.7. The number of phenolic OH excluding ortho intramolecular Hbond substituents is 1. The van der Waals surface area contributed by atoms with Crippen molar-refractivity contribution in [2.75, 3.05) is 23.3 Å². The normalized spacial score (nSPS) is 13.2. The van der Waals surface area contributed by atoms with Gasteiger partial charge in [0.1, 0.15) is 11.4 Å². The van der Waals surface area contributed by atoms with Gasteiger partial charge in [-0.05, 0) is 48.6 Å². The molecular formula is C22H20N4O4S. The molecule has 0 spiro atoms. The highest BCUT2D eigenvalue weighted by Crippen LogP contribution is 2.33. The van der Waals surface area contributed by atoms with Crippen LogP contribution in [0, 0.1) is 10.1 Å². The second kappa shape index (κ2) is 8.57. The largest absolute Gasteiger partial charge is 0.506 e. The first-order valence-electron chi connectivity index (χ1n) is 9.80. The van der Waals surface area contributed by atoms with E-state index in [0.29, 0.717) is 11.4 Å². The van der Waals surface area contributed by atoms with Crippen molar-refractivity contribution in [3.63, 3.8) is 0 Å². The predicted octanol–water partition coefficient (Wildman–Crippen LogP) is 4.18. The van der Waals surface area contributed by atoms with E-state index in [1.54, 1.807) is 18.2 Å². The quantitative estimate of drug-likeness (QED) is 0.244. The van der Waals surface area contributed by atoms with Crippen LogP contribution in [0.15, 0.2) is 54.6 Å². The fourth-order valence-electron chi connectivity index (χ4n) is 3.75. The van der Waals surface area contributed by atoms with Gasteiger partial charge in [-0.1, -0.05) is 30.3 Å². The number of thiocarbonyl (C=S) groups is 1. The molecule has 0 saturated carbocycles. The number of nitro groups is 1. The molecule has 4 rings (SSSR count). The number of anilines is 2. The van der Waals surface area contributed by atoms with Crippen LogP contribution in [0.2, 0.25) is 0 Å². The topological polar surface area (TPSA) is 108 Å². The van der Waals surface area contributed by atoms with Gasteiger partial charge in [-0.25, -0.2) is 0 Å². The van der Waals surface area contributed by atoms with Gasteiger partial charge in [0.2, 0.25) is 0 Å². The third-order valence-electron chi connectivity index (χ3n) is 5.25. The van der Waals surface area contributed by atoms with Crippen molar-refractivity contribution < 1.29 is 14.8 Å². The fraction of sp³-hybridized carbons (Fsp3) is 0.182. The minimum absolute atomic E-state index is 0.0131. The van der Waals surface area contributed by atoms with Crippen molar-refractivity contribution in [1.82, 2.24) is 5.32 Å². The summed E-state index contributed by atoms with van der Waals surface area (Å²) in [7, 11) is 0. The zero-order chi connectivity index (χ0) is 22.0. The molecule has 1 fully saturated rings. The van der Waals surface area contributed by atoms with Gasteiger partial charge in [-0.3, -0.25) is 20.2 Å². The number of carbonyl (C=O) groups excluding carboxylic acids is 1. The van der Waals surface area contributed by atoms with E-state index in [1.165, 1.54) is 12.1 Å². The molecule has 1 amide bonds. The average Bonchev–Trinajstić information content (AvgIpc) is 3.30. The second-order valence-corrected chi connectivity index (χ2v) is 7.65. The predicted molar refractivity (Wildman–Crippen MR) is 124 cm³/mol. The average molecular weight is 436 g/mol. The standard InChI is InChI=1S/C22H20N4O4S/c27-19-10-8-14-5-1-2-6-16(14)20(19)23-22(31)24-21(28)15-7-9-17(18(13-15)26(29)30)25-11-3-4-12-25/h1-2,5-10,13,27H,3-4,11-12H2,(H2,23,24,28,31). The maximum atomic E-state index is 12.7. The van der Waals surface area contributed by atoms with Crippen LogP contribution in [0.1, 0.15) is 23.2 Å². The van der Waals surface area contributed by atoms with Crippen molar-refractivity contribution in [3.05, 3.63) is 70.3 Å². The Labute approximate surface area is 183 Å². The molecule has 3 aromatic carbocycles. The summed E-state index contributed by atoms with van der Waals surface area (Å²) in [4.78, 5) is 25.7. The van der Waals surface area contributed by atoms with Crippen LogP contribution in [0.3, 0.4) is 0 Å². The van der Waals surface area contributed by atoms with E-state index in [9.17, 15) is 20.0 Å². The van der Waals surface area contributed by atoms with E-state index in [1.807, 2.05) is 29.2 Å². The molecule has 0 aromatic heterocycles. The summed E-state index contributed by atoms with van der Waals surface area (Å²) < 4.78 is 0. The molecule has 1 aliphatic heterocycles. The van der Waals surface area contributed by atoms with Crippen LogP contribution in [0.5, 0.6) is 5.75 Å². The van der Waals surface area contributed by atoms with Crippen molar-refractivity contribution in [2.24, 2.45) is 0 Å². The number of rotatable bonds is 4. The van der Waals surface area contributed by atoms with Gasteiger partial charge in [0.25, 0.3) is 11.6 Å². The minimum Gasteiger partial charge on any atom is -0.506 e. The van der Waals surface area contributed by atoms with Crippen LogP contribution < -0.4 is 15.5 Å². The zero-order valence-corrected chi connectivity index (χ0v) is 17.3. The Morgan fingerprint density at radius 2 is 1.84 bits per heavy atom. The molecule has 8 nitrogen and oxygen atoms in total. The summed E-state index contributed by atoms with van der Waals surface area (Å²) in [6, 6.07) is 15.1. The molecule has 31 heavy (non-hydrogen) atoms. The number of carbonyl (C=O) groups is 1. The Morgan fingerprint density at radius 3 is 2.58 bits per heavy atom. The molecule has 3 N–H and O–H groups in total. The Morgan fingerprint density at radius 1 is 1.10 bits per heavy atom. The highest BCUT2D eigenvalue weighted by atomic mass is 32.1. The number of hydrogen-bond acceptors (Lipinski definition) is 6. The number of aromatic hydroxyl groups is 1. The molecule has 3 aromatic rings. The van der Waals surface area contributed by atoms with Gasteiger partial charge in [0, 0.05) is 30.1 Å². The van der Waals surface area contributed by atoms with E-state index < -0.39 is 10.8 Å². The first-order chi connectivity index (χ1) is 14.9. The van der Waals surface area contributed by atoms with E-state index in [4.69, 9.17) is 12.2 Å². The fourth-order valence-corrected chi connectivity index (χ4v) is 3.94. The summed E-state index contributed by atoms with van der Waals surface area (Å²) in [5.41, 5.74) is 0.903. The molecule has 0 bridgehead atoms. The van der Waals surface area contributed by atoms with Crippen molar-refractivity contribution in [2.45, 2.75) is 12.8 Å². The third-order valence-corrected chi connectivity index (χ3v) is 5.46. The van der Waals surface area contributed by atoms with Crippen molar-refractivity contribution in [1.29, 1.82) is 0 Å². The number of nitrogens with one attached hydrogen (secondary N) is 2.